The highest BCUT2D eigenvalue weighted by Crippen LogP contribution is 2.32. The lowest BCUT2D eigenvalue weighted by Gasteiger charge is -2.26. The molecule has 0 saturated carbocycles. The van der Waals surface area contributed by atoms with Gasteiger partial charge in [0.15, 0.2) is 0 Å². The van der Waals surface area contributed by atoms with Gasteiger partial charge in [-0.05, 0) is 36.0 Å². The third-order valence-electron chi connectivity index (χ3n) is 3.35. The molecule has 0 saturated heterocycles. The molecule has 0 radical (unpaired) electrons. The van der Waals surface area contributed by atoms with E-state index >= 15 is 0 Å². The Bertz CT molecular complexity index is 488. The molecule has 1 amide bonds. The monoisotopic (exact) mass is 278 g/mol. The minimum absolute atomic E-state index is 0.0434. The van der Waals surface area contributed by atoms with E-state index in [2.05, 4.69) is 33.8 Å². The Labute approximate surface area is 121 Å². The molecule has 4 nitrogen and oxygen atoms in total. The van der Waals surface area contributed by atoms with Crippen LogP contribution in [0, 0.1) is 0 Å². The minimum Gasteiger partial charge on any atom is -0.491 e. The van der Waals surface area contributed by atoms with Crippen molar-refractivity contribution in [1.29, 1.82) is 0 Å². The van der Waals surface area contributed by atoms with E-state index in [1.807, 2.05) is 12.1 Å². The number of carbonyl (C=O) groups is 1. The van der Waals surface area contributed by atoms with Crippen LogP contribution in [0.25, 0.3) is 0 Å². The average molecular weight is 278 g/mol. The quantitative estimate of drug-likeness (QED) is 0.866. The van der Waals surface area contributed by atoms with E-state index in [4.69, 9.17) is 16.2 Å². The molecule has 0 spiro atoms. The van der Waals surface area contributed by atoms with Gasteiger partial charge < -0.3 is 16.2 Å². The number of benzene rings is 1. The zero-order valence-corrected chi connectivity index (χ0v) is 13.1. The normalized spacial score (nSPS) is 14.7. The van der Waals surface area contributed by atoms with Gasteiger partial charge >= 0.3 is 0 Å². The molecule has 0 heterocycles. The van der Waals surface area contributed by atoms with Gasteiger partial charge in [0.05, 0.1) is 0 Å². The lowest BCUT2D eigenvalue weighted by atomic mass is 9.85. The third-order valence-corrected chi connectivity index (χ3v) is 3.35. The first-order chi connectivity index (χ1) is 9.08. The summed E-state index contributed by atoms with van der Waals surface area (Å²) in [7, 11) is 0. The summed E-state index contributed by atoms with van der Waals surface area (Å²) in [4.78, 5) is 11.2. The molecule has 112 valence electrons. The summed E-state index contributed by atoms with van der Waals surface area (Å²) >= 11 is 0. The predicted molar refractivity (Wildman–Crippen MR) is 81.8 cm³/mol. The fourth-order valence-corrected chi connectivity index (χ4v) is 1.81. The molecule has 0 aromatic heterocycles. The Morgan fingerprint density at radius 3 is 2.30 bits per heavy atom. The number of hydrogen-bond acceptors (Lipinski definition) is 3. The molecule has 0 fully saturated rings. The van der Waals surface area contributed by atoms with E-state index in [1.54, 1.807) is 6.92 Å². The number of ether oxygens (including phenoxy) is 1. The van der Waals surface area contributed by atoms with Crippen LogP contribution >= 0.6 is 0 Å². The van der Waals surface area contributed by atoms with E-state index in [1.165, 1.54) is 5.56 Å². The standard InChI is InChI=1S/C16H26N2O2/c1-6-11-7-8-13(12(9-11)15(2,3)4)20-10-16(5,18)14(17)19/h7-9H,6,10,18H2,1-5H3,(H2,17,19). The number of primary amides is 1. The Hall–Kier alpha value is -1.55. The minimum atomic E-state index is -1.17. The lowest BCUT2D eigenvalue weighted by Crippen LogP contribution is -2.53. The summed E-state index contributed by atoms with van der Waals surface area (Å²) in [6.45, 7) is 10.1. The number of nitrogens with two attached hydrogens (primary N) is 2. The summed E-state index contributed by atoms with van der Waals surface area (Å²) in [5.41, 5.74) is 12.2. The van der Waals surface area contributed by atoms with Gasteiger partial charge in [-0.2, -0.15) is 0 Å². The topological polar surface area (TPSA) is 78.3 Å². The molecule has 0 aliphatic heterocycles. The van der Waals surface area contributed by atoms with Gasteiger partial charge in [0.1, 0.15) is 17.9 Å². The van der Waals surface area contributed by atoms with Gasteiger partial charge in [-0.25, -0.2) is 0 Å². The maximum Gasteiger partial charge on any atom is 0.240 e. The fraction of sp³-hybridized carbons (Fsp3) is 0.562. The first-order valence-corrected chi connectivity index (χ1v) is 6.93. The molecule has 0 bridgehead atoms. The number of rotatable bonds is 5. The largest absolute Gasteiger partial charge is 0.491 e. The van der Waals surface area contributed by atoms with E-state index in [-0.39, 0.29) is 12.0 Å². The van der Waals surface area contributed by atoms with Crippen molar-refractivity contribution in [2.75, 3.05) is 6.61 Å². The smallest absolute Gasteiger partial charge is 0.240 e. The van der Waals surface area contributed by atoms with Crippen molar-refractivity contribution in [3.63, 3.8) is 0 Å². The molecule has 1 atom stereocenters. The van der Waals surface area contributed by atoms with Gasteiger partial charge in [-0.3, -0.25) is 4.79 Å². The van der Waals surface area contributed by atoms with E-state index in [0.717, 1.165) is 17.7 Å². The van der Waals surface area contributed by atoms with Crippen molar-refractivity contribution < 1.29 is 9.53 Å². The van der Waals surface area contributed by atoms with Crippen LogP contribution in [-0.4, -0.2) is 18.1 Å². The van der Waals surface area contributed by atoms with Crippen LogP contribution in [0.1, 0.15) is 45.7 Å². The van der Waals surface area contributed by atoms with Crippen molar-refractivity contribution in [3.8, 4) is 5.75 Å². The molecular formula is C16H26N2O2. The summed E-state index contributed by atoms with van der Waals surface area (Å²) in [5.74, 6) is 0.188. The van der Waals surface area contributed by atoms with Crippen molar-refractivity contribution in [2.45, 2.75) is 52.0 Å². The van der Waals surface area contributed by atoms with Crippen molar-refractivity contribution >= 4 is 5.91 Å². The number of hydrogen-bond donors (Lipinski definition) is 2. The van der Waals surface area contributed by atoms with Crippen molar-refractivity contribution in [2.24, 2.45) is 11.5 Å². The van der Waals surface area contributed by atoms with Crippen LogP contribution in [0.4, 0.5) is 0 Å². The highest BCUT2D eigenvalue weighted by molar-refractivity contribution is 5.84. The van der Waals surface area contributed by atoms with Crippen LogP contribution in [0.15, 0.2) is 18.2 Å². The average Bonchev–Trinajstić information content (AvgIpc) is 2.35. The van der Waals surface area contributed by atoms with Gasteiger partial charge in [0, 0.05) is 0 Å². The van der Waals surface area contributed by atoms with Crippen molar-refractivity contribution in [1.82, 2.24) is 0 Å². The highest BCUT2D eigenvalue weighted by Gasteiger charge is 2.28. The Morgan fingerprint density at radius 2 is 1.85 bits per heavy atom. The zero-order chi connectivity index (χ0) is 15.6. The van der Waals surface area contributed by atoms with Crippen LogP contribution in [0.5, 0.6) is 5.75 Å². The fourth-order valence-electron chi connectivity index (χ4n) is 1.81. The maximum absolute atomic E-state index is 11.2. The highest BCUT2D eigenvalue weighted by atomic mass is 16.5. The van der Waals surface area contributed by atoms with E-state index < -0.39 is 11.4 Å². The molecule has 1 aromatic rings. The van der Waals surface area contributed by atoms with Gasteiger partial charge in [0.2, 0.25) is 5.91 Å². The molecule has 4 N–H and O–H groups in total. The second kappa shape index (κ2) is 5.83. The second-order valence-corrected chi connectivity index (χ2v) is 6.50. The molecule has 0 aliphatic carbocycles. The van der Waals surface area contributed by atoms with Crippen LogP contribution in [-0.2, 0) is 16.6 Å². The summed E-state index contributed by atoms with van der Waals surface area (Å²) in [6, 6.07) is 6.12. The molecule has 1 aromatic carbocycles. The Kier molecular flexibility index (Phi) is 4.81. The SMILES string of the molecule is CCc1ccc(OCC(C)(N)C(N)=O)c(C(C)(C)C)c1. The van der Waals surface area contributed by atoms with Crippen LogP contribution in [0.2, 0.25) is 0 Å². The first-order valence-electron chi connectivity index (χ1n) is 6.93. The molecule has 1 unspecified atom stereocenters. The molecule has 0 aliphatic rings. The Morgan fingerprint density at radius 1 is 1.25 bits per heavy atom. The molecule has 1 rings (SSSR count). The summed E-state index contributed by atoms with van der Waals surface area (Å²) in [6.07, 6.45) is 0.971. The third kappa shape index (κ3) is 3.97. The maximum atomic E-state index is 11.2. The number of carbonyl (C=O) groups excluding carboxylic acids is 1. The number of aryl methyl sites for hydroxylation is 1. The number of amides is 1. The van der Waals surface area contributed by atoms with Crippen LogP contribution < -0.4 is 16.2 Å². The molecule has 4 heteroatoms. The second-order valence-electron chi connectivity index (χ2n) is 6.50. The lowest BCUT2D eigenvalue weighted by molar-refractivity contribution is -0.123. The summed E-state index contributed by atoms with van der Waals surface area (Å²) < 4.78 is 5.76. The first kappa shape index (κ1) is 16.5. The Balaban J connectivity index is 3.04. The summed E-state index contributed by atoms with van der Waals surface area (Å²) in [5, 5.41) is 0. The predicted octanol–water partition coefficient (Wildman–Crippen LogP) is 2.13. The molecule has 20 heavy (non-hydrogen) atoms. The van der Waals surface area contributed by atoms with Crippen molar-refractivity contribution in [3.05, 3.63) is 29.3 Å². The van der Waals surface area contributed by atoms with Gasteiger partial charge in [-0.15, -0.1) is 0 Å². The van der Waals surface area contributed by atoms with E-state index in [9.17, 15) is 4.79 Å². The van der Waals surface area contributed by atoms with E-state index in [0.29, 0.717) is 0 Å². The zero-order valence-electron chi connectivity index (χ0n) is 13.1. The van der Waals surface area contributed by atoms with Crippen LogP contribution in [0.3, 0.4) is 0 Å². The van der Waals surface area contributed by atoms with Gasteiger partial charge in [-0.1, -0.05) is 39.8 Å². The molecular weight excluding hydrogens is 252 g/mol. The van der Waals surface area contributed by atoms with Gasteiger partial charge in [0.25, 0.3) is 0 Å².